The lowest BCUT2D eigenvalue weighted by molar-refractivity contribution is -0.134. The van der Waals surface area contributed by atoms with E-state index < -0.39 is 11.9 Å². The number of fused-ring (bicyclic) bond motifs is 3. The molecule has 1 aliphatic heterocycles. The molecule has 0 amide bonds. The van der Waals surface area contributed by atoms with Gasteiger partial charge in [-0.2, -0.15) is 0 Å². The lowest BCUT2D eigenvalue weighted by Gasteiger charge is -2.26. The molecule has 0 saturated carbocycles. The van der Waals surface area contributed by atoms with Crippen molar-refractivity contribution in [1.82, 2.24) is 4.90 Å². The van der Waals surface area contributed by atoms with Crippen LogP contribution in [0.25, 0.3) is 0 Å². The topological polar surface area (TPSA) is 94.9 Å². The van der Waals surface area contributed by atoms with Gasteiger partial charge in [0.05, 0.1) is 0 Å². The Hall–Kier alpha value is -2.47. The van der Waals surface area contributed by atoms with Crippen LogP contribution in [-0.2, 0) is 9.59 Å². The number of likely N-dealkylation sites (N-methyl/N-ethyl adjacent to an activating group) is 1. The number of likely N-dealkylation sites (tertiary alicyclic amines) is 1. The number of hydrogen-bond donors (Lipinski definition) is 2. The molecule has 1 aliphatic carbocycles. The molecule has 2 aliphatic rings. The highest BCUT2D eigenvalue weighted by atomic mass is 16.4. The van der Waals surface area contributed by atoms with Gasteiger partial charge in [-0.05, 0) is 18.5 Å². The normalized spacial score (nSPS) is 22.9. The molecule has 122 valence electrons. The zero-order valence-electron chi connectivity index (χ0n) is 12.8. The minimum absolute atomic E-state index is 0.335. The van der Waals surface area contributed by atoms with Gasteiger partial charge in [-0.15, -0.1) is 0 Å². The van der Waals surface area contributed by atoms with Crippen molar-refractivity contribution in [2.45, 2.75) is 12.3 Å². The highest BCUT2D eigenvalue weighted by Crippen LogP contribution is 2.40. The largest absolute Gasteiger partial charge is 0.478 e. The molecule has 0 unspecified atom stereocenters. The number of aliphatic carboxylic acids is 2. The summed E-state index contributed by atoms with van der Waals surface area (Å²) in [5.74, 6) is -1.04. The van der Waals surface area contributed by atoms with E-state index in [0.717, 1.165) is 25.1 Å². The minimum Gasteiger partial charge on any atom is -0.478 e. The number of Topliss-reactive ketones (excluding diaryl/α,β-unsaturated/α-hetero) is 1. The first-order valence-electron chi connectivity index (χ1n) is 7.33. The lowest BCUT2D eigenvalue weighted by atomic mass is 9.76. The number of benzene rings is 1. The molecule has 0 spiro atoms. The van der Waals surface area contributed by atoms with Gasteiger partial charge in [-0.3, -0.25) is 4.79 Å². The predicted octanol–water partition coefficient (Wildman–Crippen LogP) is 1.63. The van der Waals surface area contributed by atoms with Crippen LogP contribution < -0.4 is 0 Å². The Bertz CT molecular complexity index is 636. The number of nitrogens with zero attached hydrogens (tertiary/aromatic N) is 1. The van der Waals surface area contributed by atoms with Crippen LogP contribution in [0.1, 0.15) is 28.3 Å². The molecule has 1 heterocycles. The Labute approximate surface area is 134 Å². The van der Waals surface area contributed by atoms with Crippen LogP contribution in [0.15, 0.2) is 36.4 Å². The van der Waals surface area contributed by atoms with Gasteiger partial charge in [-0.1, -0.05) is 24.3 Å². The van der Waals surface area contributed by atoms with Crippen molar-refractivity contribution in [3.63, 3.8) is 0 Å². The minimum atomic E-state index is -1.26. The van der Waals surface area contributed by atoms with E-state index in [9.17, 15) is 14.4 Å². The molecule has 23 heavy (non-hydrogen) atoms. The monoisotopic (exact) mass is 317 g/mol. The van der Waals surface area contributed by atoms with Gasteiger partial charge < -0.3 is 15.1 Å². The molecule has 0 bridgehead atoms. The molecular formula is C17H19NO5. The van der Waals surface area contributed by atoms with Crippen molar-refractivity contribution in [1.29, 1.82) is 0 Å². The van der Waals surface area contributed by atoms with Crippen molar-refractivity contribution < 1.29 is 24.6 Å². The van der Waals surface area contributed by atoms with Gasteiger partial charge in [-0.25, -0.2) is 9.59 Å². The second-order valence-corrected chi connectivity index (χ2v) is 5.81. The fourth-order valence-corrected chi connectivity index (χ4v) is 3.21. The summed E-state index contributed by atoms with van der Waals surface area (Å²) in [7, 11) is 2.14. The second-order valence-electron chi connectivity index (χ2n) is 5.81. The molecule has 2 N–H and O–H groups in total. The van der Waals surface area contributed by atoms with Crippen molar-refractivity contribution in [2.75, 3.05) is 20.1 Å². The van der Waals surface area contributed by atoms with Gasteiger partial charge in [0.2, 0.25) is 0 Å². The SMILES string of the molecule is CN1C[C@@H]2CC(=O)c3ccccc3[C@@H]2C1.O=C(O)C=CC(=O)O. The molecular weight excluding hydrogens is 298 g/mol. The van der Waals surface area contributed by atoms with Crippen LogP contribution in [0.2, 0.25) is 0 Å². The third-order valence-electron chi connectivity index (χ3n) is 4.10. The van der Waals surface area contributed by atoms with Crippen LogP contribution in [0.4, 0.5) is 0 Å². The first-order chi connectivity index (χ1) is 10.9. The molecule has 6 nitrogen and oxygen atoms in total. The summed E-state index contributed by atoms with van der Waals surface area (Å²) < 4.78 is 0. The van der Waals surface area contributed by atoms with E-state index in [2.05, 4.69) is 18.0 Å². The third-order valence-corrected chi connectivity index (χ3v) is 4.10. The molecule has 1 saturated heterocycles. The maximum absolute atomic E-state index is 11.9. The van der Waals surface area contributed by atoms with Crippen molar-refractivity contribution >= 4 is 17.7 Å². The maximum Gasteiger partial charge on any atom is 0.328 e. The third kappa shape index (κ3) is 4.26. The number of carbonyl (C=O) groups excluding carboxylic acids is 1. The Morgan fingerprint density at radius 2 is 1.74 bits per heavy atom. The van der Waals surface area contributed by atoms with Crippen LogP contribution in [0.3, 0.4) is 0 Å². The van der Waals surface area contributed by atoms with E-state index >= 15 is 0 Å². The zero-order chi connectivity index (χ0) is 17.0. The number of hydrogen-bond acceptors (Lipinski definition) is 4. The maximum atomic E-state index is 11.9. The fraction of sp³-hybridized carbons (Fsp3) is 0.353. The van der Waals surface area contributed by atoms with Crippen LogP contribution in [-0.4, -0.2) is 53.0 Å². The van der Waals surface area contributed by atoms with E-state index in [1.165, 1.54) is 5.56 Å². The Kier molecular flexibility index (Phi) is 5.28. The number of carbonyl (C=O) groups is 3. The summed E-state index contributed by atoms with van der Waals surface area (Å²) in [6, 6.07) is 8.12. The predicted molar refractivity (Wildman–Crippen MR) is 83.5 cm³/mol. The quantitative estimate of drug-likeness (QED) is 0.805. The van der Waals surface area contributed by atoms with Crippen molar-refractivity contribution in [2.24, 2.45) is 5.92 Å². The number of carboxylic acids is 2. The van der Waals surface area contributed by atoms with Gasteiger partial charge >= 0.3 is 11.9 Å². The van der Waals surface area contributed by atoms with E-state index in [-0.39, 0.29) is 0 Å². The summed E-state index contributed by atoms with van der Waals surface area (Å²) in [6.45, 7) is 2.18. The fourth-order valence-electron chi connectivity index (χ4n) is 3.21. The van der Waals surface area contributed by atoms with Crippen molar-refractivity contribution in [3.8, 4) is 0 Å². The Morgan fingerprint density at radius 3 is 2.35 bits per heavy atom. The van der Waals surface area contributed by atoms with E-state index in [1.54, 1.807) is 0 Å². The molecule has 6 heteroatoms. The highest BCUT2D eigenvalue weighted by Gasteiger charge is 2.38. The van der Waals surface area contributed by atoms with Gasteiger partial charge in [0.1, 0.15) is 0 Å². The molecule has 3 rings (SSSR count). The van der Waals surface area contributed by atoms with Crippen LogP contribution in [0, 0.1) is 5.92 Å². The molecule has 1 fully saturated rings. The van der Waals surface area contributed by atoms with E-state index in [1.807, 2.05) is 18.2 Å². The zero-order valence-corrected chi connectivity index (χ0v) is 12.8. The summed E-state index contributed by atoms with van der Waals surface area (Å²) in [5, 5.41) is 15.6. The standard InChI is InChI=1S/C13H15NO.C4H4O4/c1-14-7-9-6-13(15)11-5-3-2-4-10(11)12(9)8-14;5-3(6)1-2-4(7)8/h2-5,9,12H,6-8H2,1H3;1-2H,(H,5,6)(H,7,8)/t9-,12+;/m0./s1. The first-order valence-corrected chi connectivity index (χ1v) is 7.33. The first kappa shape index (κ1) is 16.9. The number of rotatable bonds is 2. The highest BCUT2D eigenvalue weighted by molar-refractivity contribution is 5.99. The lowest BCUT2D eigenvalue weighted by Crippen LogP contribution is -2.23. The summed E-state index contributed by atoms with van der Waals surface area (Å²) in [6.07, 6.45) is 1.86. The average molecular weight is 317 g/mol. The van der Waals surface area contributed by atoms with Crippen LogP contribution in [0.5, 0.6) is 0 Å². The molecule has 1 aromatic rings. The average Bonchev–Trinajstić information content (AvgIpc) is 2.87. The summed E-state index contributed by atoms with van der Waals surface area (Å²) >= 11 is 0. The molecule has 0 aromatic heterocycles. The molecule has 2 atom stereocenters. The van der Waals surface area contributed by atoms with Crippen molar-refractivity contribution in [3.05, 3.63) is 47.5 Å². The molecule has 0 radical (unpaired) electrons. The Balaban J connectivity index is 0.000000207. The Morgan fingerprint density at radius 1 is 1.13 bits per heavy atom. The van der Waals surface area contributed by atoms with Gasteiger partial charge in [0, 0.05) is 43.1 Å². The molecule has 1 aromatic carbocycles. The second kappa shape index (κ2) is 7.19. The van der Waals surface area contributed by atoms with Gasteiger partial charge in [0.25, 0.3) is 0 Å². The van der Waals surface area contributed by atoms with Crippen LogP contribution >= 0.6 is 0 Å². The smallest absolute Gasteiger partial charge is 0.328 e. The van der Waals surface area contributed by atoms with E-state index in [4.69, 9.17) is 10.2 Å². The van der Waals surface area contributed by atoms with Gasteiger partial charge in [0.15, 0.2) is 5.78 Å². The number of ketones is 1. The number of carboxylic acid groups (broad SMARTS) is 2. The van der Waals surface area contributed by atoms with E-state index in [0.29, 0.717) is 29.8 Å². The summed E-state index contributed by atoms with van der Waals surface area (Å²) in [4.78, 5) is 33.4. The summed E-state index contributed by atoms with van der Waals surface area (Å²) in [5.41, 5.74) is 2.25.